The van der Waals surface area contributed by atoms with Gasteiger partial charge in [-0.15, -0.1) is 0 Å². The highest BCUT2D eigenvalue weighted by Crippen LogP contribution is 2.29. The Morgan fingerprint density at radius 2 is 2.26 bits per heavy atom. The van der Waals surface area contributed by atoms with Crippen molar-refractivity contribution < 1.29 is 9.47 Å². The number of hydrogen-bond acceptors (Lipinski definition) is 4. The number of ether oxygens (including phenoxy) is 2. The molecule has 0 amide bonds. The minimum absolute atomic E-state index is 0.186. The Bertz CT molecular complexity index is 585. The fourth-order valence-corrected chi connectivity index (χ4v) is 2.48. The van der Waals surface area contributed by atoms with Gasteiger partial charge in [-0.25, -0.2) is 0 Å². The number of aromatic nitrogens is 1. The van der Waals surface area contributed by atoms with E-state index in [9.17, 15) is 0 Å². The maximum Gasteiger partial charge on any atom is 0.145 e. The van der Waals surface area contributed by atoms with Crippen LogP contribution in [0.15, 0.2) is 30.5 Å². The first-order valence-electron chi connectivity index (χ1n) is 6.65. The molecule has 2 heterocycles. The van der Waals surface area contributed by atoms with Crippen molar-refractivity contribution >= 4 is 16.6 Å². The molecule has 1 saturated heterocycles. The lowest BCUT2D eigenvalue weighted by Crippen LogP contribution is -2.18. The molecule has 19 heavy (non-hydrogen) atoms. The smallest absolute Gasteiger partial charge is 0.145 e. The second-order valence-corrected chi connectivity index (χ2v) is 5.01. The van der Waals surface area contributed by atoms with E-state index in [0.29, 0.717) is 12.7 Å². The highest BCUT2D eigenvalue weighted by molar-refractivity contribution is 5.94. The standard InChI is InChI=1S/C15H18N2O2/c1-10-4-5-11(19-10)9-18-14-7-6-13(16)12-3-2-8-17-15(12)14/h2-3,6-8,10-11H,4-5,9,16H2,1H3. The highest BCUT2D eigenvalue weighted by Gasteiger charge is 2.22. The monoisotopic (exact) mass is 258 g/mol. The Balaban J connectivity index is 1.79. The number of nitrogens with zero attached hydrogens (tertiary/aromatic N) is 1. The third kappa shape index (κ3) is 2.49. The first-order valence-corrected chi connectivity index (χ1v) is 6.65. The quantitative estimate of drug-likeness (QED) is 0.860. The first kappa shape index (κ1) is 12.2. The van der Waals surface area contributed by atoms with Crippen molar-refractivity contribution in [3.05, 3.63) is 30.5 Å². The van der Waals surface area contributed by atoms with E-state index < -0.39 is 0 Å². The molecule has 4 heteroatoms. The van der Waals surface area contributed by atoms with Gasteiger partial charge < -0.3 is 15.2 Å². The lowest BCUT2D eigenvalue weighted by atomic mass is 10.1. The van der Waals surface area contributed by atoms with Crippen LogP contribution >= 0.6 is 0 Å². The van der Waals surface area contributed by atoms with Crippen LogP contribution in [-0.2, 0) is 4.74 Å². The summed E-state index contributed by atoms with van der Waals surface area (Å²) in [7, 11) is 0. The number of hydrogen-bond donors (Lipinski definition) is 1. The SMILES string of the molecule is CC1CCC(COc2ccc(N)c3cccnc23)O1. The third-order valence-electron chi connectivity index (χ3n) is 3.51. The zero-order valence-corrected chi connectivity index (χ0v) is 11.0. The largest absolute Gasteiger partial charge is 0.489 e. The van der Waals surface area contributed by atoms with Crippen molar-refractivity contribution in [2.45, 2.75) is 32.0 Å². The highest BCUT2D eigenvalue weighted by atomic mass is 16.5. The van der Waals surface area contributed by atoms with Crippen LogP contribution in [0.5, 0.6) is 5.75 Å². The molecular weight excluding hydrogens is 240 g/mol. The van der Waals surface area contributed by atoms with Gasteiger partial charge in [-0.1, -0.05) is 0 Å². The Labute approximate surface area is 112 Å². The summed E-state index contributed by atoms with van der Waals surface area (Å²) in [4.78, 5) is 4.36. The predicted molar refractivity (Wildman–Crippen MR) is 75.2 cm³/mol. The lowest BCUT2D eigenvalue weighted by molar-refractivity contribution is 0.0268. The van der Waals surface area contributed by atoms with E-state index in [-0.39, 0.29) is 6.10 Å². The summed E-state index contributed by atoms with van der Waals surface area (Å²) in [6.45, 7) is 2.67. The van der Waals surface area contributed by atoms with Crippen molar-refractivity contribution in [1.29, 1.82) is 0 Å². The second-order valence-electron chi connectivity index (χ2n) is 5.01. The number of benzene rings is 1. The third-order valence-corrected chi connectivity index (χ3v) is 3.51. The van der Waals surface area contributed by atoms with E-state index >= 15 is 0 Å². The molecule has 2 unspecified atom stereocenters. The summed E-state index contributed by atoms with van der Waals surface area (Å²) in [5.74, 6) is 0.771. The summed E-state index contributed by atoms with van der Waals surface area (Å²) in [6.07, 6.45) is 4.44. The molecule has 1 aliphatic heterocycles. The van der Waals surface area contributed by atoms with Crippen LogP contribution in [-0.4, -0.2) is 23.8 Å². The van der Waals surface area contributed by atoms with Crippen LogP contribution in [0.3, 0.4) is 0 Å². The number of nitrogen functional groups attached to an aromatic ring is 1. The Morgan fingerprint density at radius 1 is 1.37 bits per heavy atom. The molecule has 3 rings (SSSR count). The number of fused-ring (bicyclic) bond motifs is 1. The van der Waals surface area contributed by atoms with Crippen LogP contribution < -0.4 is 10.5 Å². The minimum atomic E-state index is 0.186. The van der Waals surface area contributed by atoms with Gasteiger partial charge in [-0.3, -0.25) is 4.98 Å². The summed E-state index contributed by atoms with van der Waals surface area (Å²) in [5, 5.41) is 0.931. The Morgan fingerprint density at radius 3 is 3.05 bits per heavy atom. The molecular formula is C15H18N2O2. The average molecular weight is 258 g/mol. The maximum atomic E-state index is 5.94. The van der Waals surface area contributed by atoms with Crippen LogP contribution in [0, 0.1) is 0 Å². The molecule has 4 nitrogen and oxygen atoms in total. The van der Waals surface area contributed by atoms with E-state index in [2.05, 4.69) is 11.9 Å². The zero-order valence-electron chi connectivity index (χ0n) is 11.0. The van der Waals surface area contributed by atoms with Gasteiger partial charge in [0.15, 0.2) is 0 Å². The van der Waals surface area contributed by atoms with Crippen molar-refractivity contribution in [2.24, 2.45) is 0 Å². The number of pyridine rings is 1. The molecule has 2 N–H and O–H groups in total. The molecule has 2 aromatic rings. The fourth-order valence-electron chi connectivity index (χ4n) is 2.48. The molecule has 0 aliphatic carbocycles. The van der Waals surface area contributed by atoms with Crippen molar-refractivity contribution in [2.75, 3.05) is 12.3 Å². The molecule has 0 saturated carbocycles. The molecule has 1 fully saturated rings. The zero-order chi connectivity index (χ0) is 13.2. The normalized spacial score (nSPS) is 22.8. The van der Waals surface area contributed by atoms with Crippen molar-refractivity contribution in [3.8, 4) is 5.75 Å². The van der Waals surface area contributed by atoms with Crippen molar-refractivity contribution in [1.82, 2.24) is 4.98 Å². The molecule has 0 spiro atoms. The number of rotatable bonds is 3. The Hall–Kier alpha value is -1.81. The van der Waals surface area contributed by atoms with Gasteiger partial charge in [-0.05, 0) is 44.0 Å². The first-order chi connectivity index (χ1) is 9.24. The van der Waals surface area contributed by atoms with E-state index in [0.717, 1.165) is 35.2 Å². The predicted octanol–water partition coefficient (Wildman–Crippen LogP) is 2.76. The topological polar surface area (TPSA) is 57.4 Å². The van der Waals surface area contributed by atoms with Gasteiger partial charge in [0.05, 0.1) is 12.2 Å². The van der Waals surface area contributed by atoms with Gasteiger partial charge in [-0.2, -0.15) is 0 Å². The molecule has 0 bridgehead atoms. The summed E-state index contributed by atoms with van der Waals surface area (Å²) < 4.78 is 11.6. The van der Waals surface area contributed by atoms with E-state index in [1.165, 1.54) is 0 Å². The van der Waals surface area contributed by atoms with E-state index in [1.54, 1.807) is 6.20 Å². The molecule has 1 aromatic heterocycles. The van der Waals surface area contributed by atoms with Gasteiger partial charge in [0.1, 0.15) is 17.9 Å². The van der Waals surface area contributed by atoms with Crippen LogP contribution in [0.4, 0.5) is 5.69 Å². The summed E-state index contributed by atoms with van der Waals surface area (Å²) >= 11 is 0. The Kier molecular flexibility index (Phi) is 3.25. The van der Waals surface area contributed by atoms with E-state index in [4.69, 9.17) is 15.2 Å². The fraction of sp³-hybridized carbons (Fsp3) is 0.400. The van der Waals surface area contributed by atoms with Gasteiger partial charge in [0.25, 0.3) is 0 Å². The molecule has 1 aromatic carbocycles. The maximum absolute atomic E-state index is 5.94. The second kappa shape index (κ2) is 5.05. The summed E-state index contributed by atoms with van der Waals surface area (Å²) in [5.41, 5.74) is 7.48. The molecule has 100 valence electrons. The number of anilines is 1. The average Bonchev–Trinajstić information content (AvgIpc) is 2.84. The van der Waals surface area contributed by atoms with Gasteiger partial charge >= 0.3 is 0 Å². The van der Waals surface area contributed by atoms with Gasteiger partial charge in [0.2, 0.25) is 0 Å². The van der Waals surface area contributed by atoms with Gasteiger partial charge in [0, 0.05) is 17.3 Å². The van der Waals surface area contributed by atoms with E-state index in [1.807, 2.05) is 24.3 Å². The molecule has 0 radical (unpaired) electrons. The summed E-state index contributed by atoms with van der Waals surface area (Å²) in [6, 6.07) is 7.57. The van der Waals surface area contributed by atoms with Crippen molar-refractivity contribution in [3.63, 3.8) is 0 Å². The number of nitrogens with two attached hydrogens (primary N) is 1. The molecule has 2 atom stereocenters. The minimum Gasteiger partial charge on any atom is -0.489 e. The van der Waals surface area contributed by atoms with Crippen LogP contribution in [0.2, 0.25) is 0 Å². The van der Waals surface area contributed by atoms with Crippen LogP contribution in [0.25, 0.3) is 10.9 Å². The molecule has 1 aliphatic rings. The lowest BCUT2D eigenvalue weighted by Gasteiger charge is -2.14. The van der Waals surface area contributed by atoms with Crippen LogP contribution in [0.1, 0.15) is 19.8 Å².